The van der Waals surface area contributed by atoms with Crippen LogP contribution in [0.3, 0.4) is 0 Å². The number of nitrogens with one attached hydrogen (secondary N) is 1. The van der Waals surface area contributed by atoms with E-state index in [2.05, 4.69) is 20.3 Å². The predicted octanol–water partition coefficient (Wildman–Crippen LogP) is 2.10. The van der Waals surface area contributed by atoms with Crippen LogP contribution < -0.4 is 5.32 Å². The zero-order chi connectivity index (χ0) is 11.4. The maximum absolute atomic E-state index is 4.29. The summed E-state index contributed by atoms with van der Waals surface area (Å²) in [4.78, 5) is 12.6. The van der Waals surface area contributed by atoms with Crippen molar-refractivity contribution in [2.24, 2.45) is 0 Å². The van der Waals surface area contributed by atoms with E-state index in [1.807, 2.05) is 26.0 Å². The summed E-state index contributed by atoms with van der Waals surface area (Å²) in [6.45, 7) is 4.66. The standard InChI is InChI=1S/C12H14N4/c1-9-6-14-12(15-7-9)16-8-11-10(2)4-3-5-13-11/h3-7H,8H2,1-2H3,(H,14,15,16). The Balaban J connectivity index is 2.02. The second-order valence-electron chi connectivity index (χ2n) is 3.70. The lowest BCUT2D eigenvalue weighted by Crippen LogP contribution is -2.06. The van der Waals surface area contributed by atoms with Gasteiger partial charge >= 0.3 is 0 Å². The van der Waals surface area contributed by atoms with Crippen molar-refractivity contribution in [1.82, 2.24) is 15.0 Å². The first-order valence-corrected chi connectivity index (χ1v) is 5.19. The summed E-state index contributed by atoms with van der Waals surface area (Å²) in [6, 6.07) is 3.97. The monoisotopic (exact) mass is 214 g/mol. The van der Waals surface area contributed by atoms with Gasteiger partial charge < -0.3 is 5.32 Å². The summed E-state index contributed by atoms with van der Waals surface area (Å²) in [5, 5.41) is 3.14. The second-order valence-corrected chi connectivity index (χ2v) is 3.70. The van der Waals surface area contributed by atoms with E-state index >= 15 is 0 Å². The Kier molecular flexibility index (Phi) is 3.10. The van der Waals surface area contributed by atoms with Crippen LogP contribution in [0.2, 0.25) is 0 Å². The van der Waals surface area contributed by atoms with E-state index in [0.29, 0.717) is 12.5 Å². The van der Waals surface area contributed by atoms with Crippen LogP contribution in [0.1, 0.15) is 16.8 Å². The van der Waals surface area contributed by atoms with Gasteiger partial charge in [0.05, 0.1) is 12.2 Å². The summed E-state index contributed by atoms with van der Waals surface area (Å²) in [7, 11) is 0. The van der Waals surface area contributed by atoms with Crippen molar-refractivity contribution >= 4 is 5.95 Å². The first-order chi connectivity index (χ1) is 7.75. The first-order valence-electron chi connectivity index (χ1n) is 5.19. The van der Waals surface area contributed by atoms with Crippen molar-refractivity contribution in [3.8, 4) is 0 Å². The van der Waals surface area contributed by atoms with Crippen LogP contribution in [-0.2, 0) is 6.54 Å². The van der Waals surface area contributed by atoms with E-state index in [-0.39, 0.29) is 0 Å². The number of aryl methyl sites for hydroxylation is 2. The van der Waals surface area contributed by atoms with Crippen LogP contribution in [0.5, 0.6) is 0 Å². The molecule has 0 saturated carbocycles. The Bertz CT molecular complexity index is 465. The lowest BCUT2D eigenvalue weighted by Gasteiger charge is -2.06. The molecule has 0 aliphatic rings. The number of anilines is 1. The van der Waals surface area contributed by atoms with Crippen LogP contribution in [-0.4, -0.2) is 15.0 Å². The van der Waals surface area contributed by atoms with Gasteiger partial charge in [0.15, 0.2) is 0 Å². The minimum absolute atomic E-state index is 0.635. The summed E-state index contributed by atoms with van der Waals surface area (Å²) >= 11 is 0. The number of hydrogen-bond donors (Lipinski definition) is 1. The highest BCUT2D eigenvalue weighted by atomic mass is 15.1. The molecule has 4 heteroatoms. The van der Waals surface area contributed by atoms with Crippen molar-refractivity contribution in [2.75, 3.05) is 5.32 Å². The smallest absolute Gasteiger partial charge is 0.222 e. The van der Waals surface area contributed by atoms with Gasteiger partial charge in [0.25, 0.3) is 0 Å². The molecule has 16 heavy (non-hydrogen) atoms. The molecule has 2 aromatic heterocycles. The van der Waals surface area contributed by atoms with Gasteiger partial charge in [-0.2, -0.15) is 0 Å². The fourth-order valence-electron chi connectivity index (χ4n) is 1.35. The Labute approximate surface area is 94.8 Å². The fourth-order valence-corrected chi connectivity index (χ4v) is 1.35. The predicted molar refractivity (Wildman–Crippen MR) is 63.1 cm³/mol. The third-order valence-corrected chi connectivity index (χ3v) is 2.31. The van der Waals surface area contributed by atoms with Crippen LogP contribution in [0.4, 0.5) is 5.95 Å². The van der Waals surface area contributed by atoms with E-state index in [1.165, 1.54) is 5.56 Å². The van der Waals surface area contributed by atoms with Gasteiger partial charge in [0.2, 0.25) is 5.95 Å². The molecule has 0 radical (unpaired) electrons. The minimum atomic E-state index is 0.635. The maximum atomic E-state index is 4.29. The van der Waals surface area contributed by atoms with Crippen LogP contribution in [0.25, 0.3) is 0 Å². The van der Waals surface area contributed by atoms with Gasteiger partial charge in [-0.25, -0.2) is 9.97 Å². The quantitative estimate of drug-likeness (QED) is 0.850. The molecule has 0 fully saturated rings. The summed E-state index contributed by atoms with van der Waals surface area (Å²) in [6.07, 6.45) is 5.38. The molecule has 0 bridgehead atoms. The van der Waals surface area contributed by atoms with Crippen LogP contribution >= 0.6 is 0 Å². The highest BCUT2D eigenvalue weighted by molar-refractivity contribution is 5.28. The van der Waals surface area contributed by atoms with Gasteiger partial charge in [-0.1, -0.05) is 6.07 Å². The molecular formula is C12H14N4. The molecule has 0 unspecified atom stereocenters. The lowest BCUT2D eigenvalue weighted by atomic mass is 10.2. The van der Waals surface area contributed by atoms with Crippen molar-refractivity contribution in [1.29, 1.82) is 0 Å². The minimum Gasteiger partial charge on any atom is -0.349 e. The summed E-state index contributed by atoms with van der Waals surface area (Å²) in [5.74, 6) is 0.635. The van der Waals surface area contributed by atoms with Crippen molar-refractivity contribution in [3.05, 3.63) is 47.5 Å². The van der Waals surface area contributed by atoms with Crippen molar-refractivity contribution in [3.63, 3.8) is 0 Å². The third-order valence-electron chi connectivity index (χ3n) is 2.31. The topological polar surface area (TPSA) is 50.7 Å². The number of pyridine rings is 1. The largest absolute Gasteiger partial charge is 0.349 e. The van der Waals surface area contributed by atoms with E-state index in [4.69, 9.17) is 0 Å². The molecule has 0 amide bonds. The molecule has 1 N–H and O–H groups in total. The Morgan fingerprint density at radius 2 is 1.88 bits per heavy atom. The molecule has 2 heterocycles. The number of nitrogens with zero attached hydrogens (tertiary/aromatic N) is 3. The fraction of sp³-hybridized carbons (Fsp3) is 0.250. The van der Waals surface area contributed by atoms with E-state index in [9.17, 15) is 0 Å². The Morgan fingerprint density at radius 1 is 1.12 bits per heavy atom. The first kappa shape index (κ1) is 10.5. The molecular weight excluding hydrogens is 200 g/mol. The molecule has 2 rings (SSSR count). The average Bonchev–Trinajstić information content (AvgIpc) is 2.30. The van der Waals surface area contributed by atoms with Crippen molar-refractivity contribution in [2.45, 2.75) is 20.4 Å². The highest BCUT2D eigenvalue weighted by Gasteiger charge is 1.99. The Morgan fingerprint density at radius 3 is 2.56 bits per heavy atom. The summed E-state index contributed by atoms with van der Waals surface area (Å²) < 4.78 is 0. The normalized spacial score (nSPS) is 10.1. The molecule has 82 valence electrons. The number of aromatic nitrogens is 3. The van der Waals surface area contributed by atoms with E-state index < -0.39 is 0 Å². The summed E-state index contributed by atoms with van der Waals surface area (Å²) in [5.41, 5.74) is 3.24. The molecule has 2 aromatic rings. The molecule has 4 nitrogen and oxygen atoms in total. The number of hydrogen-bond acceptors (Lipinski definition) is 4. The van der Waals surface area contributed by atoms with Gasteiger partial charge in [0, 0.05) is 18.6 Å². The molecule has 0 saturated heterocycles. The Hall–Kier alpha value is -1.97. The van der Waals surface area contributed by atoms with Gasteiger partial charge in [-0.3, -0.25) is 4.98 Å². The molecule has 0 spiro atoms. The van der Waals surface area contributed by atoms with Crippen LogP contribution in [0, 0.1) is 13.8 Å². The second kappa shape index (κ2) is 4.70. The molecule has 0 atom stereocenters. The van der Waals surface area contributed by atoms with Gasteiger partial charge in [0.1, 0.15) is 0 Å². The molecule has 0 aromatic carbocycles. The zero-order valence-electron chi connectivity index (χ0n) is 9.44. The SMILES string of the molecule is Cc1cnc(NCc2ncccc2C)nc1. The highest BCUT2D eigenvalue weighted by Crippen LogP contribution is 2.05. The zero-order valence-corrected chi connectivity index (χ0v) is 9.44. The lowest BCUT2D eigenvalue weighted by molar-refractivity contribution is 0.979. The third kappa shape index (κ3) is 2.53. The average molecular weight is 214 g/mol. The maximum Gasteiger partial charge on any atom is 0.222 e. The van der Waals surface area contributed by atoms with E-state index in [0.717, 1.165) is 11.3 Å². The van der Waals surface area contributed by atoms with Gasteiger partial charge in [-0.15, -0.1) is 0 Å². The van der Waals surface area contributed by atoms with Crippen LogP contribution in [0.15, 0.2) is 30.7 Å². The molecule has 0 aliphatic carbocycles. The van der Waals surface area contributed by atoms with Crippen molar-refractivity contribution < 1.29 is 0 Å². The molecule has 0 aliphatic heterocycles. The van der Waals surface area contributed by atoms with Gasteiger partial charge in [-0.05, 0) is 31.0 Å². The number of rotatable bonds is 3. The van der Waals surface area contributed by atoms with E-state index in [1.54, 1.807) is 18.6 Å².